The molecule has 0 aromatic heterocycles. The number of nitrogens with zero attached hydrogens (tertiary/aromatic N) is 1. The Labute approximate surface area is 133 Å². The van der Waals surface area contributed by atoms with Crippen molar-refractivity contribution >= 4 is 17.7 Å². The van der Waals surface area contributed by atoms with Crippen LogP contribution in [-0.2, 0) is 16.1 Å². The number of aromatic hydroxyl groups is 1. The van der Waals surface area contributed by atoms with Gasteiger partial charge in [0, 0.05) is 12.6 Å². The number of ether oxygens (including phenoxy) is 1. The molecule has 2 rings (SSSR count). The fourth-order valence-corrected chi connectivity index (χ4v) is 1.99. The van der Waals surface area contributed by atoms with E-state index in [9.17, 15) is 14.7 Å². The van der Waals surface area contributed by atoms with Crippen LogP contribution in [0.15, 0.2) is 54.6 Å². The van der Waals surface area contributed by atoms with Crippen molar-refractivity contribution in [3.8, 4) is 5.75 Å². The van der Waals surface area contributed by atoms with Crippen LogP contribution >= 0.6 is 0 Å². The van der Waals surface area contributed by atoms with E-state index < -0.39 is 12.1 Å². The van der Waals surface area contributed by atoms with Crippen LogP contribution in [-0.4, -0.2) is 28.8 Å². The Balaban J connectivity index is 2.09. The van der Waals surface area contributed by atoms with E-state index in [1.165, 1.54) is 17.0 Å². The molecule has 6 nitrogen and oxygen atoms in total. The van der Waals surface area contributed by atoms with Crippen LogP contribution in [0, 0.1) is 0 Å². The molecule has 1 amide bonds. The molecule has 0 heterocycles. The summed E-state index contributed by atoms with van der Waals surface area (Å²) in [5, 5.41) is 18.4. The molecule has 23 heavy (non-hydrogen) atoms. The molecule has 0 saturated heterocycles. The van der Waals surface area contributed by atoms with E-state index in [1.807, 2.05) is 30.3 Å². The summed E-state index contributed by atoms with van der Waals surface area (Å²) in [7, 11) is 0. The highest BCUT2D eigenvalue weighted by atomic mass is 16.6. The van der Waals surface area contributed by atoms with Crippen LogP contribution in [0.1, 0.15) is 12.0 Å². The van der Waals surface area contributed by atoms with Gasteiger partial charge < -0.3 is 14.9 Å². The average Bonchev–Trinajstić information content (AvgIpc) is 2.54. The molecule has 2 aromatic rings. The van der Waals surface area contributed by atoms with Crippen LogP contribution in [0.5, 0.6) is 5.75 Å². The maximum Gasteiger partial charge on any atom is 0.414 e. The number of phenolic OH excluding ortho intramolecular Hbond substituents is 1. The molecule has 2 N–H and O–H groups in total. The lowest BCUT2D eigenvalue weighted by molar-refractivity contribution is -0.136. The van der Waals surface area contributed by atoms with E-state index in [0.29, 0.717) is 5.69 Å². The molecule has 0 unspecified atom stereocenters. The third-order valence-electron chi connectivity index (χ3n) is 3.12. The number of hydrogen-bond donors (Lipinski definition) is 2. The third kappa shape index (κ3) is 5.03. The molecule has 6 heteroatoms. The van der Waals surface area contributed by atoms with Crippen LogP contribution in [0.2, 0.25) is 0 Å². The fourth-order valence-electron chi connectivity index (χ4n) is 1.99. The Morgan fingerprint density at radius 3 is 2.43 bits per heavy atom. The van der Waals surface area contributed by atoms with E-state index in [1.54, 1.807) is 12.1 Å². The number of amides is 1. The molecule has 0 aliphatic rings. The van der Waals surface area contributed by atoms with Gasteiger partial charge in [-0.15, -0.1) is 0 Å². The van der Waals surface area contributed by atoms with Crippen molar-refractivity contribution < 1.29 is 24.5 Å². The molecule has 0 aliphatic carbocycles. The van der Waals surface area contributed by atoms with Gasteiger partial charge in [-0.1, -0.05) is 36.4 Å². The molecular weight excluding hydrogens is 298 g/mol. The summed E-state index contributed by atoms with van der Waals surface area (Å²) in [6.45, 7) is 0.0362. The van der Waals surface area contributed by atoms with Gasteiger partial charge >= 0.3 is 12.1 Å². The number of carbonyl (C=O) groups excluding carboxylic acids is 1. The fraction of sp³-hybridized carbons (Fsp3) is 0.176. The highest BCUT2D eigenvalue weighted by molar-refractivity contribution is 5.88. The Bertz CT molecular complexity index is 672. The number of hydrogen-bond acceptors (Lipinski definition) is 4. The van der Waals surface area contributed by atoms with E-state index in [0.717, 1.165) is 5.56 Å². The van der Waals surface area contributed by atoms with Gasteiger partial charge in [-0.3, -0.25) is 9.69 Å². The first-order valence-corrected chi connectivity index (χ1v) is 7.05. The number of benzene rings is 2. The lowest BCUT2D eigenvalue weighted by Gasteiger charge is -2.21. The second-order valence-electron chi connectivity index (χ2n) is 4.86. The van der Waals surface area contributed by atoms with Crippen molar-refractivity contribution in [1.29, 1.82) is 0 Å². The van der Waals surface area contributed by atoms with Gasteiger partial charge in [-0.25, -0.2) is 4.79 Å². The molecule has 0 bridgehead atoms. The zero-order valence-electron chi connectivity index (χ0n) is 12.4. The summed E-state index contributed by atoms with van der Waals surface area (Å²) in [5.74, 6) is -1.04. The standard InChI is InChI=1S/C17H17NO5/c19-15-8-4-7-14(11-15)18(10-9-16(20)21)17(22)23-12-13-5-2-1-3-6-13/h1-8,11,19H,9-10,12H2,(H,20,21). The Kier molecular flexibility index (Phi) is 5.57. The predicted molar refractivity (Wildman–Crippen MR) is 84.3 cm³/mol. The molecule has 0 saturated carbocycles. The Morgan fingerprint density at radius 2 is 1.78 bits per heavy atom. The zero-order chi connectivity index (χ0) is 16.7. The first kappa shape index (κ1) is 16.4. The first-order chi connectivity index (χ1) is 11.1. The van der Waals surface area contributed by atoms with Gasteiger partial charge in [0.05, 0.1) is 12.1 Å². The second-order valence-corrected chi connectivity index (χ2v) is 4.86. The number of phenols is 1. The van der Waals surface area contributed by atoms with Crippen molar-refractivity contribution in [2.75, 3.05) is 11.4 Å². The summed E-state index contributed by atoms with van der Waals surface area (Å²) in [6, 6.07) is 15.2. The average molecular weight is 315 g/mol. The lowest BCUT2D eigenvalue weighted by atomic mass is 10.2. The smallest absolute Gasteiger partial charge is 0.414 e. The highest BCUT2D eigenvalue weighted by Crippen LogP contribution is 2.21. The van der Waals surface area contributed by atoms with Crippen LogP contribution in [0.3, 0.4) is 0 Å². The van der Waals surface area contributed by atoms with Gasteiger partial charge in [0.2, 0.25) is 0 Å². The lowest BCUT2D eigenvalue weighted by Crippen LogP contribution is -2.33. The van der Waals surface area contributed by atoms with Gasteiger partial charge in [0.25, 0.3) is 0 Å². The summed E-state index contributed by atoms with van der Waals surface area (Å²) < 4.78 is 5.23. The topological polar surface area (TPSA) is 87.1 Å². The van der Waals surface area contributed by atoms with Crippen molar-refractivity contribution in [2.24, 2.45) is 0 Å². The minimum Gasteiger partial charge on any atom is -0.508 e. The molecule has 120 valence electrons. The number of carboxylic acid groups (broad SMARTS) is 1. The van der Waals surface area contributed by atoms with E-state index in [2.05, 4.69) is 0 Å². The van der Waals surface area contributed by atoms with E-state index >= 15 is 0 Å². The molecular formula is C17H17NO5. The molecule has 0 aliphatic heterocycles. The maximum absolute atomic E-state index is 12.3. The normalized spacial score (nSPS) is 10.1. The van der Waals surface area contributed by atoms with Gasteiger partial charge in [-0.2, -0.15) is 0 Å². The van der Waals surface area contributed by atoms with Crippen molar-refractivity contribution in [3.63, 3.8) is 0 Å². The predicted octanol–water partition coefficient (Wildman–Crippen LogP) is 3.01. The van der Waals surface area contributed by atoms with Crippen LogP contribution in [0.25, 0.3) is 0 Å². The van der Waals surface area contributed by atoms with Crippen molar-refractivity contribution in [2.45, 2.75) is 13.0 Å². The SMILES string of the molecule is O=C(O)CCN(C(=O)OCc1ccccc1)c1cccc(O)c1. The quantitative estimate of drug-likeness (QED) is 0.855. The van der Waals surface area contributed by atoms with Crippen LogP contribution in [0.4, 0.5) is 10.5 Å². The monoisotopic (exact) mass is 315 g/mol. The minimum atomic E-state index is -1.02. The summed E-state index contributed by atoms with van der Waals surface area (Å²) in [5.41, 5.74) is 1.21. The van der Waals surface area contributed by atoms with Crippen molar-refractivity contribution in [1.82, 2.24) is 0 Å². The number of aliphatic carboxylic acids is 1. The molecule has 0 spiro atoms. The Hall–Kier alpha value is -3.02. The number of carbonyl (C=O) groups is 2. The summed E-state index contributed by atoms with van der Waals surface area (Å²) in [4.78, 5) is 24.2. The molecule has 0 fully saturated rings. The zero-order valence-corrected chi connectivity index (χ0v) is 12.4. The number of carboxylic acids is 1. The van der Waals surface area contributed by atoms with E-state index in [-0.39, 0.29) is 25.3 Å². The van der Waals surface area contributed by atoms with Gasteiger partial charge in [0.1, 0.15) is 12.4 Å². The summed E-state index contributed by atoms with van der Waals surface area (Å²) >= 11 is 0. The first-order valence-electron chi connectivity index (χ1n) is 7.05. The second kappa shape index (κ2) is 7.84. The highest BCUT2D eigenvalue weighted by Gasteiger charge is 2.19. The summed E-state index contributed by atoms with van der Waals surface area (Å²) in [6.07, 6.45) is -0.892. The third-order valence-corrected chi connectivity index (χ3v) is 3.12. The number of anilines is 1. The van der Waals surface area contributed by atoms with Gasteiger partial charge in [-0.05, 0) is 17.7 Å². The van der Waals surface area contributed by atoms with Crippen LogP contribution < -0.4 is 4.90 Å². The molecule has 0 radical (unpaired) electrons. The maximum atomic E-state index is 12.3. The minimum absolute atomic E-state index is 0.0151. The van der Waals surface area contributed by atoms with Gasteiger partial charge in [0.15, 0.2) is 0 Å². The Morgan fingerprint density at radius 1 is 1.04 bits per heavy atom. The molecule has 2 aromatic carbocycles. The van der Waals surface area contributed by atoms with Crippen molar-refractivity contribution in [3.05, 3.63) is 60.2 Å². The number of rotatable bonds is 6. The largest absolute Gasteiger partial charge is 0.508 e. The molecule has 0 atom stereocenters. The van der Waals surface area contributed by atoms with E-state index in [4.69, 9.17) is 9.84 Å².